The van der Waals surface area contributed by atoms with Crippen LogP contribution < -0.4 is 5.43 Å². The SMILES string of the molecule is O=c1c(-c2ccc(O)cc2)coc2c([C@H]3O[C@@H](CO)[C@@H](O)[C@H](O)[C@@H]3O)c(O)cc(O)c12. The Labute approximate surface area is 174 Å². The maximum Gasteiger partial charge on any atom is 0.204 e. The maximum absolute atomic E-state index is 13.1. The highest BCUT2D eigenvalue weighted by Gasteiger charge is 2.46. The molecular weight excluding hydrogens is 412 g/mol. The number of ether oxygens (including phenoxy) is 1. The standard InChI is InChI=1S/C21H20O10/c22-6-13-17(27)18(28)19(29)21(31-13)15-12(25)5-11(24)14-16(26)10(7-30-20(14)15)8-1-3-9(23)4-2-8/h1-5,7,13,17-19,21-25,27-29H,6H2/t13-,17+,18-,19-,21+/m0/s1. The van der Waals surface area contributed by atoms with Gasteiger partial charge in [0.05, 0.1) is 17.7 Å². The summed E-state index contributed by atoms with van der Waals surface area (Å²) in [6.45, 7) is -0.687. The highest BCUT2D eigenvalue weighted by atomic mass is 16.5. The molecule has 1 aromatic heterocycles. The lowest BCUT2D eigenvalue weighted by Crippen LogP contribution is -2.55. The van der Waals surface area contributed by atoms with E-state index in [0.29, 0.717) is 5.56 Å². The molecule has 5 atom stereocenters. The van der Waals surface area contributed by atoms with E-state index < -0.39 is 54.1 Å². The molecule has 164 valence electrons. The average Bonchev–Trinajstić information content (AvgIpc) is 2.74. The lowest BCUT2D eigenvalue weighted by Gasteiger charge is -2.40. The van der Waals surface area contributed by atoms with Crippen LogP contribution >= 0.6 is 0 Å². The van der Waals surface area contributed by atoms with Gasteiger partial charge in [0.15, 0.2) is 5.58 Å². The van der Waals surface area contributed by atoms with Crippen molar-refractivity contribution in [2.45, 2.75) is 30.5 Å². The summed E-state index contributed by atoms with van der Waals surface area (Å²) >= 11 is 0. The molecule has 3 aromatic rings. The fraction of sp³-hybridized carbons (Fsp3) is 0.286. The molecular formula is C21H20O10. The molecule has 1 aliphatic heterocycles. The third-order valence-electron chi connectivity index (χ3n) is 5.40. The number of aliphatic hydroxyl groups is 4. The van der Waals surface area contributed by atoms with Crippen molar-refractivity contribution in [2.24, 2.45) is 0 Å². The summed E-state index contributed by atoms with van der Waals surface area (Å²) in [6.07, 6.45) is -6.73. The smallest absolute Gasteiger partial charge is 0.204 e. The maximum atomic E-state index is 13.1. The van der Waals surface area contributed by atoms with Crippen LogP contribution in [-0.2, 0) is 4.74 Å². The van der Waals surface area contributed by atoms with Gasteiger partial charge in [-0.15, -0.1) is 0 Å². The van der Waals surface area contributed by atoms with Crippen molar-refractivity contribution in [3.05, 3.63) is 52.4 Å². The number of benzene rings is 2. The molecule has 1 aliphatic rings. The zero-order valence-electron chi connectivity index (χ0n) is 15.9. The molecule has 0 unspecified atom stereocenters. The minimum absolute atomic E-state index is 0.00778. The zero-order valence-corrected chi connectivity index (χ0v) is 15.9. The van der Waals surface area contributed by atoms with Crippen LogP contribution in [0.1, 0.15) is 11.7 Å². The van der Waals surface area contributed by atoms with Crippen LogP contribution in [0.4, 0.5) is 0 Å². The number of aliphatic hydroxyl groups excluding tert-OH is 4. The van der Waals surface area contributed by atoms with Crippen molar-refractivity contribution in [1.82, 2.24) is 0 Å². The molecule has 0 aliphatic carbocycles. The van der Waals surface area contributed by atoms with E-state index in [1.807, 2.05) is 0 Å². The molecule has 1 saturated heterocycles. The lowest BCUT2D eigenvalue weighted by atomic mass is 9.89. The Hall–Kier alpha value is -3.15. The number of hydrogen-bond donors (Lipinski definition) is 7. The molecule has 0 bridgehead atoms. The van der Waals surface area contributed by atoms with E-state index in [9.17, 15) is 40.5 Å². The Morgan fingerprint density at radius 2 is 1.58 bits per heavy atom. The summed E-state index contributed by atoms with van der Waals surface area (Å²) in [7, 11) is 0. The molecule has 31 heavy (non-hydrogen) atoms. The van der Waals surface area contributed by atoms with Crippen molar-refractivity contribution in [3.8, 4) is 28.4 Å². The van der Waals surface area contributed by atoms with Crippen LogP contribution in [0.15, 0.2) is 45.8 Å². The zero-order chi connectivity index (χ0) is 22.4. The average molecular weight is 432 g/mol. The van der Waals surface area contributed by atoms with Crippen LogP contribution in [-0.4, -0.2) is 66.8 Å². The van der Waals surface area contributed by atoms with Gasteiger partial charge < -0.3 is 44.9 Å². The molecule has 10 heteroatoms. The number of phenolic OH excluding ortho intramolecular Hbond substituents is 3. The van der Waals surface area contributed by atoms with E-state index in [1.54, 1.807) is 0 Å². The highest BCUT2D eigenvalue weighted by Crippen LogP contribution is 2.43. The lowest BCUT2D eigenvalue weighted by molar-refractivity contribution is -0.231. The van der Waals surface area contributed by atoms with Crippen molar-refractivity contribution in [2.75, 3.05) is 6.61 Å². The second-order valence-electron chi connectivity index (χ2n) is 7.31. The first kappa shape index (κ1) is 21.1. The molecule has 0 spiro atoms. The molecule has 7 N–H and O–H groups in total. The molecule has 0 amide bonds. The Kier molecular flexibility index (Phi) is 5.33. The van der Waals surface area contributed by atoms with Crippen molar-refractivity contribution >= 4 is 11.0 Å². The third-order valence-corrected chi connectivity index (χ3v) is 5.40. The van der Waals surface area contributed by atoms with E-state index in [2.05, 4.69) is 0 Å². The number of fused-ring (bicyclic) bond motifs is 1. The largest absolute Gasteiger partial charge is 0.508 e. The summed E-state index contributed by atoms with van der Waals surface area (Å²) in [5.41, 5.74) is -0.729. The predicted octanol–water partition coefficient (Wildman–Crippen LogP) is 0.0917. The van der Waals surface area contributed by atoms with Crippen molar-refractivity contribution in [1.29, 1.82) is 0 Å². The monoisotopic (exact) mass is 432 g/mol. The van der Waals surface area contributed by atoms with Gasteiger partial charge in [-0.05, 0) is 17.7 Å². The Bertz CT molecular complexity index is 1170. The summed E-state index contributed by atoms with van der Waals surface area (Å²) in [5.74, 6) is -1.18. The summed E-state index contributed by atoms with van der Waals surface area (Å²) in [6, 6.07) is 6.56. The van der Waals surface area contributed by atoms with E-state index in [4.69, 9.17) is 9.15 Å². The molecule has 2 aromatic carbocycles. The number of phenols is 3. The number of hydrogen-bond acceptors (Lipinski definition) is 10. The van der Waals surface area contributed by atoms with Gasteiger partial charge in [0.2, 0.25) is 5.43 Å². The van der Waals surface area contributed by atoms with Gasteiger partial charge in [-0.2, -0.15) is 0 Å². The van der Waals surface area contributed by atoms with Gasteiger partial charge in [-0.3, -0.25) is 4.79 Å². The van der Waals surface area contributed by atoms with Crippen LogP contribution in [0.5, 0.6) is 17.2 Å². The van der Waals surface area contributed by atoms with Gasteiger partial charge in [0.25, 0.3) is 0 Å². The predicted molar refractivity (Wildman–Crippen MR) is 106 cm³/mol. The summed E-state index contributed by atoms with van der Waals surface area (Å²) in [5, 5.41) is 69.8. The second-order valence-corrected chi connectivity index (χ2v) is 7.31. The Morgan fingerprint density at radius 1 is 0.903 bits per heavy atom. The first-order chi connectivity index (χ1) is 14.7. The van der Waals surface area contributed by atoms with Gasteiger partial charge in [0, 0.05) is 6.07 Å². The van der Waals surface area contributed by atoms with Gasteiger partial charge >= 0.3 is 0 Å². The van der Waals surface area contributed by atoms with Gasteiger partial charge in [0.1, 0.15) is 59.4 Å². The van der Waals surface area contributed by atoms with E-state index in [0.717, 1.165) is 12.3 Å². The minimum atomic E-state index is -1.74. The van der Waals surface area contributed by atoms with Crippen LogP contribution in [0.25, 0.3) is 22.1 Å². The first-order valence-corrected chi connectivity index (χ1v) is 9.34. The minimum Gasteiger partial charge on any atom is -0.508 e. The van der Waals surface area contributed by atoms with E-state index in [1.165, 1.54) is 24.3 Å². The number of aromatic hydroxyl groups is 3. The van der Waals surface area contributed by atoms with E-state index >= 15 is 0 Å². The summed E-state index contributed by atoms with van der Waals surface area (Å²) < 4.78 is 11.0. The van der Waals surface area contributed by atoms with Gasteiger partial charge in [-0.25, -0.2) is 0 Å². The Morgan fingerprint density at radius 3 is 2.23 bits per heavy atom. The summed E-state index contributed by atoms with van der Waals surface area (Å²) in [4.78, 5) is 13.1. The van der Waals surface area contributed by atoms with Crippen LogP contribution in [0.3, 0.4) is 0 Å². The molecule has 2 heterocycles. The number of rotatable bonds is 3. The van der Waals surface area contributed by atoms with Crippen molar-refractivity contribution < 1.29 is 44.9 Å². The van der Waals surface area contributed by atoms with Gasteiger partial charge in [-0.1, -0.05) is 12.1 Å². The molecule has 0 saturated carbocycles. The van der Waals surface area contributed by atoms with Crippen LogP contribution in [0.2, 0.25) is 0 Å². The van der Waals surface area contributed by atoms with E-state index in [-0.39, 0.29) is 27.8 Å². The molecule has 0 radical (unpaired) electrons. The second kappa shape index (κ2) is 7.84. The molecule has 1 fully saturated rings. The quantitative estimate of drug-likeness (QED) is 0.300. The first-order valence-electron chi connectivity index (χ1n) is 9.34. The molecule has 4 rings (SSSR count). The van der Waals surface area contributed by atoms with Crippen molar-refractivity contribution in [3.63, 3.8) is 0 Å². The fourth-order valence-electron chi connectivity index (χ4n) is 3.75. The fourth-order valence-corrected chi connectivity index (χ4v) is 3.75. The Balaban J connectivity index is 1.92. The third kappa shape index (κ3) is 3.40. The molecule has 10 nitrogen and oxygen atoms in total. The van der Waals surface area contributed by atoms with Crippen LogP contribution in [0, 0.1) is 0 Å². The topological polar surface area (TPSA) is 181 Å². The normalized spacial score (nSPS) is 26.3. The highest BCUT2D eigenvalue weighted by molar-refractivity contribution is 5.91.